The third-order valence-electron chi connectivity index (χ3n) is 5.53. The van der Waals surface area contributed by atoms with Crippen LogP contribution in [-0.2, 0) is 16.4 Å². The molecule has 6 heteroatoms. The van der Waals surface area contributed by atoms with E-state index in [0.717, 1.165) is 32.4 Å². The van der Waals surface area contributed by atoms with E-state index >= 15 is 0 Å². The van der Waals surface area contributed by atoms with Gasteiger partial charge in [-0.25, -0.2) is 8.42 Å². The van der Waals surface area contributed by atoms with Crippen LogP contribution in [0.5, 0.6) is 0 Å². The second kappa shape index (κ2) is 9.55. The largest absolute Gasteiger partial charge is 0.350 e. The first kappa shape index (κ1) is 21.5. The Morgan fingerprint density at radius 1 is 1.07 bits per heavy atom. The minimum atomic E-state index is -3.52. The number of hydrogen-bond acceptors (Lipinski definition) is 4. The van der Waals surface area contributed by atoms with E-state index in [9.17, 15) is 13.2 Å². The van der Waals surface area contributed by atoms with Crippen LogP contribution >= 0.6 is 0 Å². The normalized spacial score (nSPS) is 18.0. The van der Waals surface area contributed by atoms with Crippen LogP contribution in [0, 0.1) is 0 Å². The highest BCUT2D eigenvalue weighted by atomic mass is 32.2. The number of hydrogen-bond donors (Lipinski definition) is 1. The molecule has 0 aromatic heterocycles. The van der Waals surface area contributed by atoms with E-state index in [1.54, 1.807) is 32.0 Å². The number of likely N-dealkylation sites (tertiary alicyclic amines) is 1. The van der Waals surface area contributed by atoms with Gasteiger partial charge < -0.3 is 5.32 Å². The lowest BCUT2D eigenvalue weighted by Crippen LogP contribution is -2.46. The molecule has 2 aromatic carbocycles. The van der Waals surface area contributed by atoms with Crippen molar-refractivity contribution in [2.75, 3.05) is 13.1 Å². The van der Waals surface area contributed by atoms with Crippen LogP contribution in [0.4, 0.5) is 0 Å². The van der Waals surface area contributed by atoms with Gasteiger partial charge in [-0.2, -0.15) is 0 Å². The first-order valence-corrected chi connectivity index (χ1v) is 11.8. The van der Waals surface area contributed by atoms with Crippen LogP contribution in [-0.4, -0.2) is 43.6 Å². The van der Waals surface area contributed by atoms with Gasteiger partial charge in [0.15, 0.2) is 9.84 Å². The lowest BCUT2D eigenvalue weighted by Gasteiger charge is -2.36. The van der Waals surface area contributed by atoms with E-state index < -0.39 is 15.1 Å². The fourth-order valence-corrected chi connectivity index (χ4v) is 5.02. The van der Waals surface area contributed by atoms with Crippen molar-refractivity contribution < 1.29 is 13.2 Å². The SMILES string of the molecule is CC(C)S(=O)(=O)c1ccccc1C(=O)NCC1CCCCN1Cc1ccccc1. The number of carbonyl (C=O) groups excluding carboxylic acids is 1. The van der Waals surface area contributed by atoms with Gasteiger partial charge in [-0.3, -0.25) is 9.69 Å². The summed E-state index contributed by atoms with van der Waals surface area (Å²) in [5, 5.41) is 2.42. The molecule has 1 saturated heterocycles. The molecule has 0 spiro atoms. The zero-order valence-corrected chi connectivity index (χ0v) is 18.0. The second-order valence-electron chi connectivity index (χ2n) is 7.91. The average molecular weight is 415 g/mol. The topological polar surface area (TPSA) is 66.5 Å². The molecule has 156 valence electrons. The van der Waals surface area contributed by atoms with Crippen molar-refractivity contribution in [1.82, 2.24) is 10.2 Å². The molecule has 1 amide bonds. The standard InChI is InChI=1S/C23H30N2O3S/c1-18(2)29(27,28)22-14-7-6-13-21(22)23(26)24-16-20-12-8-9-15-25(20)17-19-10-4-3-5-11-19/h3-7,10-11,13-14,18,20H,8-9,12,15-17H2,1-2H3,(H,24,26). The molecule has 0 aliphatic carbocycles. The molecule has 1 aliphatic heterocycles. The molecule has 0 bridgehead atoms. The molecule has 1 heterocycles. The van der Waals surface area contributed by atoms with Crippen LogP contribution in [0.1, 0.15) is 49.0 Å². The summed E-state index contributed by atoms with van der Waals surface area (Å²) in [7, 11) is -3.52. The van der Waals surface area contributed by atoms with Gasteiger partial charge in [-0.15, -0.1) is 0 Å². The fraction of sp³-hybridized carbons (Fsp3) is 0.435. The monoisotopic (exact) mass is 414 g/mol. The van der Waals surface area contributed by atoms with Gasteiger partial charge in [0.25, 0.3) is 5.91 Å². The molecule has 0 saturated carbocycles. The number of rotatable bonds is 7. The molecule has 1 N–H and O–H groups in total. The first-order valence-electron chi connectivity index (χ1n) is 10.3. The van der Waals surface area contributed by atoms with Crippen LogP contribution < -0.4 is 5.32 Å². The summed E-state index contributed by atoms with van der Waals surface area (Å²) in [5.41, 5.74) is 1.49. The van der Waals surface area contributed by atoms with Gasteiger partial charge in [0.05, 0.1) is 15.7 Å². The Bertz CT molecular complexity index is 926. The highest BCUT2D eigenvalue weighted by molar-refractivity contribution is 7.92. The zero-order chi connectivity index (χ0) is 20.9. The number of piperidine rings is 1. The lowest BCUT2D eigenvalue weighted by atomic mass is 10.0. The highest BCUT2D eigenvalue weighted by Gasteiger charge is 2.27. The average Bonchev–Trinajstić information content (AvgIpc) is 2.73. The Kier molecular flexibility index (Phi) is 7.09. The van der Waals surface area contributed by atoms with Gasteiger partial charge in [0.2, 0.25) is 0 Å². The number of amides is 1. The summed E-state index contributed by atoms with van der Waals surface area (Å²) in [6.45, 7) is 5.65. The summed E-state index contributed by atoms with van der Waals surface area (Å²) in [5.74, 6) is -0.324. The Morgan fingerprint density at radius 2 is 1.76 bits per heavy atom. The summed E-state index contributed by atoms with van der Waals surface area (Å²) in [6.07, 6.45) is 3.33. The van der Waals surface area contributed by atoms with E-state index in [4.69, 9.17) is 0 Å². The van der Waals surface area contributed by atoms with Gasteiger partial charge in [0.1, 0.15) is 0 Å². The van der Waals surface area contributed by atoms with Crippen molar-refractivity contribution in [3.05, 3.63) is 65.7 Å². The maximum absolute atomic E-state index is 12.8. The molecule has 1 unspecified atom stereocenters. The van der Waals surface area contributed by atoms with E-state index in [1.807, 2.05) is 18.2 Å². The number of nitrogens with one attached hydrogen (secondary N) is 1. The summed E-state index contributed by atoms with van der Waals surface area (Å²) in [6, 6.07) is 17.1. The van der Waals surface area contributed by atoms with E-state index in [0.29, 0.717) is 6.54 Å². The van der Waals surface area contributed by atoms with Crippen molar-refractivity contribution in [2.24, 2.45) is 0 Å². The highest BCUT2D eigenvalue weighted by Crippen LogP contribution is 2.22. The third kappa shape index (κ3) is 5.25. The van der Waals surface area contributed by atoms with Crippen molar-refractivity contribution in [3.63, 3.8) is 0 Å². The number of sulfone groups is 1. The van der Waals surface area contributed by atoms with Crippen LogP contribution in [0.2, 0.25) is 0 Å². The molecule has 2 aromatic rings. The summed E-state index contributed by atoms with van der Waals surface area (Å²) >= 11 is 0. The summed E-state index contributed by atoms with van der Waals surface area (Å²) < 4.78 is 25.3. The Hall–Kier alpha value is -2.18. The van der Waals surface area contributed by atoms with E-state index in [-0.39, 0.29) is 22.4 Å². The molecule has 3 rings (SSSR count). The fourth-order valence-electron chi connectivity index (χ4n) is 3.78. The molecule has 5 nitrogen and oxygen atoms in total. The lowest BCUT2D eigenvalue weighted by molar-refractivity contribution is 0.0904. The van der Waals surface area contributed by atoms with Crippen LogP contribution in [0.25, 0.3) is 0 Å². The third-order valence-corrected chi connectivity index (χ3v) is 7.74. The predicted molar refractivity (Wildman–Crippen MR) is 116 cm³/mol. The molecule has 1 atom stereocenters. The Labute approximate surface area is 174 Å². The van der Waals surface area contributed by atoms with E-state index in [1.165, 1.54) is 11.6 Å². The molecule has 0 radical (unpaired) electrons. The Morgan fingerprint density at radius 3 is 2.48 bits per heavy atom. The number of nitrogens with zero attached hydrogens (tertiary/aromatic N) is 1. The van der Waals surface area contributed by atoms with Gasteiger partial charge in [0, 0.05) is 19.1 Å². The zero-order valence-electron chi connectivity index (χ0n) is 17.2. The van der Waals surface area contributed by atoms with E-state index in [2.05, 4.69) is 22.3 Å². The van der Waals surface area contributed by atoms with Crippen LogP contribution in [0.3, 0.4) is 0 Å². The second-order valence-corrected chi connectivity index (χ2v) is 10.4. The predicted octanol–water partition coefficient (Wildman–Crippen LogP) is 3.65. The molecular weight excluding hydrogens is 384 g/mol. The van der Waals surface area contributed by atoms with Crippen molar-refractivity contribution in [1.29, 1.82) is 0 Å². The molecule has 1 fully saturated rings. The molecular formula is C23H30N2O3S. The molecule has 29 heavy (non-hydrogen) atoms. The van der Waals surface area contributed by atoms with Crippen molar-refractivity contribution >= 4 is 15.7 Å². The minimum Gasteiger partial charge on any atom is -0.350 e. The minimum absolute atomic E-state index is 0.109. The van der Waals surface area contributed by atoms with Crippen LogP contribution in [0.15, 0.2) is 59.5 Å². The number of benzene rings is 2. The van der Waals surface area contributed by atoms with Gasteiger partial charge in [-0.05, 0) is 50.9 Å². The quantitative estimate of drug-likeness (QED) is 0.751. The maximum Gasteiger partial charge on any atom is 0.252 e. The first-order chi connectivity index (χ1) is 13.9. The van der Waals surface area contributed by atoms with Crippen molar-refractivity contribution in [2.45, 2.75) is 55.8 Å². The number of carbonyl (C=O) groups is 1. The smallest absolute Gasteiger partial charge is 0.252 e. The maximum atomic E-state index is 12.8. The van der Waals surface area contributed by atoms with Gasteiger partial charge in [-0.1, -0.05) is 48.9 Å². The Balaban J connectivity index is 1.70. The molecule has 1 aliphatic rings. The summed E-state index contributed by atoms with van der Waals surface area (Å²) in [4.78, 5) is 15.4. The van der Waals surface area contributed by atoms with Crippen molar-refractivity contribution in [3.8, 4) is 0 Å². The van der Waals surface area contributed by atoms with Gasteiger partial charge >= 0.3 is 0 Å².